The lowest BCUT2D eigenvalue weighted by Gasteiger charge is -2.43. The van der Waals surface area contributed by atoms with Crippen molar-refractivity contribution in [1.82, 2.24) is 4.90 Å². The molecule has 2 bridgehead atoms. The molecular formula is C17H24ClNO. The molecule has 0 N–H and O–H groups in total. The Morgan fingerprint density at radius 1 is 1.25 bits per heavy atom. The minimum atomic E-state index is 0.611. The van der Waals surface area contributed by atoms with Gasteiger partial charge in [0.25, 0.3) is 0 Å². The van der Waals surface area contributed by atoms with Crippen LogP contribution < -0.4 is 0 Å². The molecule has 0 aromatic heterocycles. The molecule has 0 radical (unpaired) electrons. The highest BCUT2D eigenvalue weighted by Gasteiger charge is 2.45. The smallest absolute Gasteiger partial charge is 0.0514 e. The van der Waals surface area contributed by atoms with E-state index in [1.807, 2.05) is 12.1 Å². The highest BCUT2D eigenvalue weighted by Crippen LogP contribution is 2.46. The van der Waals surface area contributed by atoms with Crippen LogP contribution in [0, 0.1) is 5.92 Å². The summed E-state index contributed by atoms with van der Waals surface area (Å²) in [7, 11) is 2.29. The zero-order valence-corrected chi connectivity index (χ0v) is 13.1. The first-order valence-electron chi connectivity index (χ1n) is 7.76. The van der Waals surface area contributed by atoms with E-state index >= 15 is 0 Å². The Morgan fingerprint density at radius 3 is 2.70 bits per heavy atom. The fraction of sp³-hybridized carbons (Fsp3) is 0.647. The first-order valence-corrected chi connectivity index (χ1v) is 8.13. The van der Waals surface area contributed by atoms with Crippen molar-refractivity contribution in [2.75, 3.05) is 20.3 Å². The van der Waals surface area contributed by atoms with E-state index in [1.165, 1.54) is 24.8 Å². The Bertz CT molecular complexity index is 447. The van der Waals surface area contributed by atoms with Gasteiger partial charge in [-0.2, -0.15) is 0 Å². The lowest BCUT2D eigenvalue weighted by molar-refractivity contribution is 0.0253. The standard InChI is InChI=1S/C17H24ClNO/c1-3-20-11-16-15(12-4-6-13(18)7-5-12)10-14-8-9-17(16)19(14)2/h4-7,14-17H,3,8-11H2,1-2H3. The molecule has 2 aliphatic rings. The highest BCUT2D eigenvalue weighted by atomic mass is 35.5. The Morgan fingerprint density at radius 2 is 2.00 bits per heavy atom. The summed E-state index contributed by atoms with van der Waals surface area (Å²) in [5.74, 6) is 1.23. The second-order valence-corrected chi connectivity index (χ2v) is 6.62. The van der Waals surface area contributed by atoms with E-state index in [0.717, 1.165) is 24.3 Å². The van der Waals surface area contributed by atoms with Crippen LogP contribution in [0.1, 0.15) is 37.7 Å². The van der Waals surface area contributed by atoms with Crippen molar-refractivity contribution in [2.45, 2.75) is 44.2 Å². The number of nitrogens with zero attached hydrogens (tertiary/aromatic N) is 1. The number of hydrogen-bond donors (Lipinski definition) is 0. The largest absolute Gasteiger partial charge is 0.381 e. The molecule has 4 unspecified atom stereocenters. The van der Waals surface area contributed by atoms with E-state index in [2.05, 4.69) is 31.0 Å². The van der Waals surface area contributed by atoms with Crippen LogP contribution in [0.3, 0.4) is 0 Å². The number of ether oxygens (including phenoxy) is 1. The first kappa shape index (κ1) is 14.4. The van der Waals surface area contributed by atoms with Gasteiger partial charge in [-0.1, -0.05) is 23.7 Å². The molecule has 0 spiro atoms. The van der Waals surface area contributed by atoms with Gasteiger partial charge >= 0.3 is 0 Å². The van der Waals surface area contributed by atoms with Gasteiger partial charge in [0.05, 0.1) is 6.61 Å². The van der Waals surface area contributed by atoms with E-state index in [4.69, 9.17) is 16.3 Å². The molecule has 2 heterocycles. The summed E-state index contributed by atoms with van der Waals surface area (Å²) in [6.45, 7) is 3.77. The van der Waals surface area contributed by atoms with Gasteiger partial charge in [0.2, 0.25) is 0 Å². The first-order chi connectivity index (χ1) is 9.70. The average Bonchev–Trinajstić information content (AvgIpc) is 2.71. The van der Waals surface area contributed by atoms with Crippen LogP contribution in [0.25, 0.3) is 0 Å². The van der Waals surface area contributed by atoms with Gasteiger partial charge < -0.3 is 9.64 Å². The van der Waals surface area contributed by atoms with Gasteiger partial charge in [0.15, 0.2) is 0 Å². The maximum Gasteiger partial charge on any atom is 0.0514 e. The normalized spacial score (nSPS) is 33.5. The van der Waals surface area contributed by atoms with Crippen molar-refractivity contribution in [3.63, 3.8) is 0 Å². The van der Waals surface area contributed by atoms with Crippen LogP contribution in [0.2, 0.25) is 5.02 Å². The molecule has 2 aliphatic heterocycles. The predicted molar refractivity (Wildman–Crippen MR) is 83.4 cm³/mol. The molecule has 2 nitrogen and oxygen atoms in total. The van der Waals surface area contributed by atoms with Gasteiger partial charge in [0, 0.05) is 29.6 Å². The Balaban J connectivity index is 1.85. The Kier molecular flexibility index (Phi) is 4.34. The number of benzene rings is 1. The molecule has 110 valence electrons. The van der Waals surface area contributed by atoms with E-state index in [1.54, 1.807) is 0 Å². The summed E-state index contributed by atoms with van der Waals surface area (Å²) in [4.78, 5) is 2.59. The third kappa shape index (κ3) is 2.61. The van der Waals surface area contributed by atoms with Crippen molar-refractivity contribution in [2.24, 2.45) is 5.92 Å². The second kappa shape index (κ2) is 6.05. The van der Waals surface area contributed by atoms with E-state index < -0.39 is 0 Å². The molecule has 3 rings (SSSR count). The molecule has 4 atom stereocenters. The van der Waals surface area contributed by atoms with Crippen LogP contribution in [0.4, 0.5) is 0 Å². The third-order valence-corrected chi connectivity index (χ3v) is 5.50. The molecule has 2 saturated heterocycles. The minimum Gasteiger partial charge on any atom is -0.381 e. The molecular weight excluding hydrogens is 270 g/mol. The third-order valence-electron chi connectivity index (χ3n) is 5.24. The fourth-order valence-electron chi connectivity index (χ4n) is 4.15. The number of fused-ring (bicyclic) bond motifs is 2. The fourth-order valence-corrected chi connectivity index (χ4v) is 4.28. The summed E-state index contributed by atoms with van der Waals surface area (Å²) >= 11 is 6.03. The highest BCUT2D eigenvalue weighted by molar-refractivity contribution is 6.30. The molecule has 2 fully saturated rings. The van der Waals surface area contributed by atoms with Gasteiger partial charge in [-0.05, 0) is 56.8 Å². The zero-order valence-electron chi connectivity index (χ0n) is 12.4. The minimum absolute atomic E-state index is 0.611. The van der Waals surface area contributed by atoms with Crippen molar-refractivity contribution >= 4 is 11.6 Å². The van der Waals surface area contributed by atoms with E-state index in [-0.39, 0.29) is 0 Å². The monoisotopic (exact) mass is 293 g/mol. The molecule has 0 saturated carbocycles. The summed E-state index contributed by atoms with van der Waals surface area (Å²) < 4.78 is 5.79. The number of halogens is 1. The maximum absolute atomic E-state index is 6.03. The lowest BCUT2D eigenvalue weighted by atomic mass is 9.76. The second-order valence-electron chi connectivity index (χ2n) is 6.18. The summed E-state index contributed by atoms with van der Waals surface area (Å²) in [6.07, 6.45) is 3.92. The van der Waals surface area contributed by atoms with Crippen molar-refractivity contribution in [1.29, 1.82) is 0 Å². The SMILES string of the molecule is CCOCC1C(c2ccc(Cl)cc2)CC2CCC1N2C. The lowest BCUT2D eigenvalue weighted by Crippen LogP contribution is -2.47. The topological polar surface area (TPSA) is 12.5 Å². The number of rotatable bonds is 4. The van der Waals surface area contributed by atoms with Crippen LogP contribution in [0.15, 0.2) is 24.3 Å². The van der Waals surface area contributed by atoms with Gasteiger partial charge in [-0.15, -0.1) is 0 Å². The zero-order chi connectivity index (χ0) is 14.1. The summed E-state index contributed by atoms with van der Waals surface area (Å²) in [5.41, 5.74) is 1.43. The number of piperidine rings is 1. The van der Waals surface area contributed by atoms with Crippen molar-refractivity contribution in [3.05, 3.63) is 34.9 Å². The number of hydrogen-bond acceptors (Lipinski definition) is 2. The summed E-state index contributed by atoms with van der Waals surface area (Å²) in [6, 6.07) is 9.89. The maximum atomic E-state index is 6.03. The van der Waals surface area contributed by atoms with Crippen molar-refractivity contribution < 1.29 is 4.74 Å². The Labute approximate surface area is 127 Å². The Hall–Kier alpha value is -0.570. The predicted octanol–water partition coefficient (Wildman–Crippen LogP) is 3.94. The van der Waals surface area contributed by atoms with Crippen LogP contribution >= 0.6 is 11.6 Å². The molecule has 1 aromatic carbocycles. The molecule has 20 heavy (non-hydrogen) atoms. The average molecular weight is 294 g/mol. The van der Waals surface area contributed by atoms with Gasteiger partial charge in [-0.25, -0.2) is 0 Å². The molecule has 0 amide bonds. The molecule has 3 heteroatoms. The van der Waals surface area contributed by atoms with E-state index in [9.17, 15) is 0 Å². The van der Waals surface area contributed by atoms with Crippen LogP contribution in [0.5, 0.6) is 0 Å². The van der Waals surface area contributed by atoms with Crippen LogP contribution in [-0.4, -0.2) is 37.2 Å². The summed E-state index contributed by atoms with van der Waals surface area (Å²) in [5, 5.41) is 0.825. The van der Waals surface area contributed by atoms with E-state index in [0.29, 0.717) is 17.9 Å². The van der Waals surface area contributed by atoms with Crippen LogP contribution in [-0.2, 0) is 4.74 Å². The quantitative estimate of drug-likeness (QED) is 0.834. The molecule has 1 aromatic rings. The van der Waals surface area contributed by atoms with Gasteiger partial charge in [0.1, 0.15) is 0 Å². The van der Waals surface area contributed by atoms with Crippen molar-refractivity contribution in [3.8, 4) is 0 Å². The molecule has 0 aliphatic carbocycles. The van der Waals surface area contributed by atoms with Gasteiger partial charge in [-0.3, -0.25) is 0 Å².